The zero-order valence-electron chi connectivity index (χ0n) is 9.85. The zero-order valence-corrected chi connectivity index (χ0v) is 11.4. The van der Waals surface area contributed by atoms with E-state index in [0.29, 0.717) is 21.5 Å². The number of benzene rings is 1. The Balaban J connectivity index is 2.03. The summed E-state index contributed by atoms with van der Waals surface area (Å²) in [5, 5.41) is 10.7. The molecule has 1 N–H and O–H groups in total. The minimum absolute atomic E-state index is 0.0503. The van der Waals surface area contributed by atoms with Crippen molar-refractivity contribution in [2.24, 2.45) is 0 Å². The summed E-state index contributed by atoms with van der Waals surface area (Å²) in [5.41, 5.74) is 0.683. The van der Waals surface area contributed by atoms with Gasteiger partial charge in [-0.05, 0) is 23.8 Å². The molecule has 7 heteroatoms. The Kier molecular flexibility index (Phi) is 4.19. The third-order valence-electron chi connectivity index (χ3n) is 2.13. The molecule has 2 aromatic rings. The molecule has 19 heavy (non-hydrogen) atoms. The van der Waals surface area contributed by atoms with Crippen molar-refractivity contribution in [3.05, 3.63) is 45.8 Å². The van der Waals surface area contributed by atoms with E-state index in [1.165, 1.54) is 6.08 Å². The van der Waals surface area contributed by atoms with E-state index in [9.17, 15) is 4.79 Å². The number of rotatable bonds is 3. The van der Waals surface area contributed by atoms with E-state index < -0.39 is 5.91 Å². The van der Waals surface area contributed by atoms with Crippen molar-refractivity contribution in [1.82, 2.24) is 10.2 Å². The second-order valence-corrected chi connectivity index (χ2v) is 4.46. The largest absolute Gasteiger partial charge is 0.408 e. The number of aryl methyl sites for hydroxylation is 1. The maximum Gasteiger partial charge on any atom is 0.322 e. The van der Waals surface area contributed by atoms with Crippen LogP contribution in [0.2, 0.25) is 10.0 Å². The number of anilines is 1. The molecule has 0 spiro atoms. The van der Waals surface area contributed by atoms with Crippen LogP contribution in [-0.4, -0.2) is 16.1 Å². The Morgan fingerprint density at radius 1 is 1.37 bits per heavy atom. The highest BCUT2D eigenvalue weighted by molar-refractivity contribution is 6.35. The van der Waals surface area contributed by atoms with E-state index in [-0.39, 0.29) is 6.01 Å². The Bertz CT molecular complexity index is 638. The quantitative estimate of drug-likeness (QED) is 0.882. The normalized spacial score (nSPS) is 10.9. The molecule has 98 valence electrons. The number of aromatic nitrogens is 2. The standard InChI is InChI=1S/C12H9Cl2N3O2/c1-7-16-17-12(19-7)15-11(18)5-3-8-2-4-9(13)6-10(8)14/h2-6H,1H3,(H,15,17,18)/b5-3+. The van der Waals surface area contributed by atoms with Crippen molar-refractivity contribution in [1.29, 1.82) is 0 Å². The molecule has 0 aliphatic rings. The lowest BCUT2D eigenvalue weighted by molar-refractivity contribution is -0.112. The van der Waals surface area contributed by atoms with Crippen molar-refractivity contribution in [2.75, 3.05) is 5.32 Å². The molecule has 0 unspecified atom stereocenters. The Morgan fingerprint density at radius 2 is 2.16 bits per heavy atom. The highest BCUT2D eigenvalue weighted by Gasteiger charge is 2.05. The Morgan fingerprint density at radius 3 is 2.79 bits per heavy atom. The lowest BCUT2D eigenvalue weighted by atomic mass is 10.2. The van der Waals surface area contributed by atoms with Gasteiger partial charge in [-0.1, -0.05) is 34.4 Å². The molecule has 1 heterocycles. The first-order valence-electron chi connectivity index (χ1n) is 5.29. The third-order valence-corrected chi connectivity index (χ3v) is 2.70. The molecule has 0 bridgehead atoms. The first-order chi connectivity index (χ1) is 9.04. The smallest absolute Gasteiger partial charge is 0.322 e. The highest BCUT2D eigenvalue weighted by Crippen LogP contribution is 2.21. The van der Waals surface area contributed by atoms with Gasteiger partial charge in [0.1, 0.15) is 0 Å². The van der Waals surface area contributed by atoms with Gasteiger partial charge in [0.2, 0.25) is 5.89 Å². The molecular formula is C12H9Cl2N3O2. The predicted molar refractivity (Wildman–Crippen MR) is 73.2 cm³/mol. The topological polar surface area (TPSA) is 68.0 Å². The van der Waals surface area contributed by atoms with Crippen LogP contribution < -0.4 is 5.32 Å². The lowest BCUT2D eigenvalue weighted by Gasteiger charge is -1.98. The molecule has 0 aliphatic carbocycles. The van der Waals surface area contributed by atoms with Crippen LogP contribution in [0.3, 0.4) is 0 Å². The summed E-state index contributed by atoms with van der Waals surface area (Å²) in [4.78, 5) is 11.6. The Hall–Kier alpha value is -1.85. The molecule has 0 aliphatic heterocycles. The number of nitrogens with one attached hydrogen (secondary N) is 1. The van der Waals surface area contributed by atoms with Gasteiger partial charge < -0.3 is 4.42 Å². The highest BCUT2D eigenvalue weighted by atomic mass is 35.5. The summed E-state index contributed by atoms with van der Waals surface area (Å²) >= 11 is 11.7. The van der Waals surface area contributed by atoms with Gasteiger partial charge in [0.05, 0.1) is 0 Å². The van der Waals surface area contributed by atoms with Gasteiger partial charge in [0.15, 0.2) is 0 Å². The summed E-state index contributed by atoms with van der Waals surface area (Å²) in [6, 6.07) is 5.05. The summed E-state index contributed by atoms with van der Waals surface area (Å²) in [6.07, 6.45) is 2.88. The van der Waals surface area contributed by atoms with Crippen LogP contribution in [0.4, 0.5) is 6.01 Å². The lowest BCUT2D eigenvalue weighted by Crippen LogP contribution is -2.07. The molecule has 5 nitrogen and oxygen atoms in total. The van der Waals surface area contributed by atoms with E-state index in [4.69, 9.17) is 27.6 Å². The minimum atomic E-state index is -0.394. The number of nitrogens with zero attached hydrogens (tertiary/aromatic N) is 2. The van der Waals surface area contributed by atoms with E-state index in [1.54, 1.807) is 31.2 Å². The van der Waals surface area contributed by atoms with Gasteiger partial charge in [-0.25, -0.2) is 0 Å². The van der Waals surface area contributed by atoms with Gasteiger partial charge >= 0.3 is 6.01 Å². The second-order valence-electron chi connectivity index (χ2n) is 3.61. The third kappa shape index (κ3) is 3.81. The monoisotopic (exact) mass is 297 g/mol. The first kappa shape index (κ1) is 13.6. The molecule has 0 fully saturated rings. The molecule has 1 aromatic heterocycles. The number of carbonyl (C=O) groups is 1. The molecule has 0 saturated heterocycles. The molecule has 2 rings (SSSR count). The van der Waals surface area contributed by atoms with Crippen LogP contribution in [0, 0.1) is 6.92 Å². The number of hydrogen-bond acceptors (Lipinski definition) is 4. The van der Waals surface area contributed by atoms with Crippen molar-refractivity contribution in [3.63, 3.8) is 0 Å². The average Bonchev–Trinajstić information content (AvgIpc) is 2.73. The molecule has 0 atom stereocenters. The fourth-order valence-corrected chi connectivity index (χ4v) is 1.77. The average molecular weight is 298 g/mol. The fraction of sp³-hybridized carbons (Fsp3) is 0.0833. The SMILES string of the molecule is Cc1nnc(NC(=O)/C=C/c2ccc(Cl)cc2Cl)o1. The fourth-order valence-electron chi connectivity index (χ4n) is 1.30. The second kappa shape index (κ2) is 5.86. The van der Waals surface area contributed by atoms with Crippen molar-refractivity contribution in [3.8, 4) is 0 Å². The molecule has 0 saturated carbocycles. The van der Waals surface area contributed by atoms with Crippen molar-refractivity contribution in [2.45, 2.75) is 6.92 Å². The maximum atomic E-state index is 11.6. The van der Waals surface area contributed by atoms with E-state index >= 15 is 0 Å². The van der Waals surface area contributed by atoms with E-state index in [2.05, 4.69) is 15.5 Å². The first-order valence-corrected chi connectivity index (χ1v) is 6.04. The van der Waals surface area contributed by atoms with Crippen LogP contribution in [0.5, 0.6) is 0 Å². The van der Waals surface area contributed by atoms with Gasteiger partial charge in [-0.3, -0.25) is 10.1 Å². The summed E-state index contributed by atoms with van der Waals surface area (Å²) in [5.74, 6) is -0.0188. The molecular weight excluding hydrogens is 289 g/mol. The van der Waals surface area contributed by atoms with Crippen LogP contribution in [-0.2, 0) is 4.79 Å². The number of carbonyl (C=O) groups excluding carboxylic acids is 1. The number of amides is 1. The van der Waals surface area contributed by atoms with Crippen LogP contribution in [0.25, 0.3) is 6.08 Å². The van der Waals surface area contributed by atoms with Gasteiger partial charge in [-0.2, -0.15) is 0 Å². The van der Waals surface area contributed by atoms with E-state index in [0.717, 1.165) is 0 Å². The van der Waals surface area contributed by atoms with Crippen LogP contribution >= 0.6 is 23.2 Å². The van der Waals surface area contributed by atoms with Crippen molar-refractivity contribution < 1.29 is 9.21 Å². The van der Waals surface area contributed by atoms with Crippen LogP contribution in [0.15, 0.2) is 28.7 Å². The zero-order chi connectivity index (χ0) is 13.8. The molecule has 0 radical (unpaired) electrons. The van der Waals surface area contributed by atoms with Gasteiger partial charge in [-0.15, -0.1) is 5.10 Å². The molecule has 1 amide bonds. The summed E-state index contributed by atoms with van der Waals surface area (Å²) in [6.45, 7) is 1.63. The summed E-state index contributed by atoms with van der Waals surface area (Å²) < 4.78 is 5.01. The minimum Gasteiger partial charge on any atom is -0.408 e. The predicted octanol–water partition coefficient (Wildman–Crippen LogP) is 3.34. The Labute approximate surface area is 119 Å². The molecule has 1 aromatic carbocycles. The van der Waals surface area contributed by atoms with E-state index in [1.807, 2.05) is 0 Å². The van der Waals surface area contributed by atoms with Gasteiger partial charge in [0, 0.05) is 23.0 Å². The number of hydrogen-bond donors (Lipinski definition) is 1. The van der Waals surface area contributed by atoms with Gasteiger partial charge in [0.25, 0.3) is 5.91 Å². The van der Waals surface area contributed by atoms with Crippen LogP contribution in [0.1, 0.15) is 11.5 Å². The van der Waals surface area contributed by atoms with Crippen molar-refractivity contribution >= 4 is 41.2 Å². The number of halogens is 2. The summed E-state index contributed by atoms with van der Waals surface area (Å²) in [7, 11) is 0. The maximum absolute atomic E-state index is 11.6.